The lowest BCUT2D eigenvalue weighted by Crippen LogP contribution is -1.85. The molecule has 2 aromatic carbocycles. The lowest BCUT2D eigenvalue weighted by atomic mass is 9.99. The molecule has 1 aliphatic rings. The molecule has 0 amide bonds. The van der Waals surface area contributed by atoms with Gasteiger partial charge in [0.2, 0.25) is 0 Å². The molecule has 3 rings (SSSR count). The fraction of sp³-hybridized carbons (Fsp3) is 0. The Labute approximate surface area is 95.6 Å². The first-order valence-corrected chi connectivity index (χ1v) is 5.48. The van der Waals surface area contributed by atoms with Gasteiger partial charge in [0.1, 0.15) is 0 Å². The van der Waals surface area contributed by atoms with Gasteiger partial charge < -0.3 is 0 Å². The van der Waals surface area contributed by atoms with E-state index in [9.17, 15) is 0 Å². The van der Waals surface area contributed by atoms with Crippen LogP contribution in [0.3, 0.4) is 0 Å². The molecule has 0 fully saturated rings. The quantitative estimate of drug-likeness (QED) is 0.511. The highest BCUT2D eigenvalue weighted by Gasteiger charge is 2.00. The van der Waals surface area contributed by atoms with Crippen molar-refractivity contribution in [3.8, 4) is 0 Å². The second-order valence-electron chi connectivity index (χ2n) is 3.92. The smallest absolute Gasteiger partial charge is 0.0184 e. The van der Waals surface area contributed by atoms with Crippen molar-refractivity contribution in [1.82, 2.24) is 0 Å². The lowest BCUT2D eigenvalue weighted by molar-refractivity contribution is 1.58. The molecule has 0 bridgehead atoms. The van der Waals surface area contributed by atoms with E-state index in [4.69, 9.17) is 0 Å². The number of rotatable bonds is 0. The van der Waals surface area contributed by atoms with Crippen molar-refractivity contribution in [3.63, 3.8) is 0 Å². The molecule has 0 heteroatoms. The molecule has 0 aromatic heterocycles. The molecule has 0 radical (unpaired) electrons. The van der Waals surface area contributed by atoms with Crippen LogP contribution in [0.1, 0.15) is 22.3 Å². The Morgan fingerprint density at radius 1 is 0.375 bits per heavy atom. The molecule has 0 saturated heterocycles. The Kier molecular flexibility index (Phi) is 2.19. The summed E-state index contributed by atoms with van der Waals surface area (Å²) in [7, 11) is 0. The van der Waals surface area contributed by atoms with Crippen LogP contribution in [0.4, 0.5) is 0 Å². The van der Waals surface area contributed by atoms with Crippen molar-refractivity contribution in [1.29, 1.82) is 0 Å². The Bertz CT molecular complexity index is 471. The van der Waals surface area contributed by atoms with Gasteiger partial charge in [-0.1, -0.05) is 72.8 Å². The highest BCUT2D eigenvalue weighted by molar-refractivity contribution is 5.85. The van der Waals surface area contributed by atoms with Crippen LogP contribution in [0.5, 0.6) is 0 Å². The fourth-order valence-corrected chi connectivity index (χ4v) is 1.99. The summed E-state index contributed by atoms with van der Waals surface area (Å²) >= 11 is 0. The largest absolute Gasteiger partial charge is 0.0616 e. The third-order valence-corrected chi connectivity index (χ3v) is 2.88. The molecule has 0 saturated carbocycles. The van der Waals surface area contributed by atoms with E-state index in [2.05, 4.69) is 72.8 Å². The Morgan fingerprint density at radius 2 is 0.625 bits per heavy atom. The number of fused-ring (bicyclic) bond motifs is 2. The third kappa shape index (κ3) is 1.59. The minimum atomic E-state index is 1.27. The predicted octanol–water partition coefficient (Wildman–Crippen LogP) is 4.34. The SMILES string of the molecule is C1=C\c2ccccc2/C=C/c2ccccc2/1. The van der Waals surface area contributed by atoms with E-state index in [1.165, 1.54) is 22.3 Å². The average Bonchev–Trinajstić information content (AvgIpc) is 2.32. The van der Waals surface area contributed by atoms with Crippen LogP contribution < -0.4 is 0 Å². The van der Waals surface area contributed by atoms with E-state index in [-0.39, 0.29) is 0 Å². The van der Waals surface area contributed by atoms with Crippen LogP contribution in [0.25, 0.3) is 24.3 Å². The minimum absolute atomic E-state index is 1.27. The van der Waals surface area contributed by atoms with Gasteiger partial charge in [0.15, 0.2) is 0 Å². The van der Waals surface area contributed by atoms with Gasteiger partial charge in [-0.25, -0.2) is 0 Å². The van der Waals surface area contributed by atoms with Crippen molar-refractivity contribution in [2.75, 3.05) is 0 Å². The van der Waals surface area contributed by atoms with Gasteiger partial charge in [-0.2, -0.15) is 0 Å². The number of hydrogen-bond acceptors (Lipinski definition) is 0. The molecule has 0 unspecified atom stereocenters. The van der Waals surface area contributed by atoms with E-state index in [1.807, 2.05) is 0 Å². The van der Waals surface area contributed by atoms with Crippen molar-refractivity contribution in [2.45, 2.75) is 0 Å². The van der Waals surface area contributed by atoms with Gasteiger partial charge in [0, 0.05) is 0 Å². The van der Waals surface area contributed by atoms with Crippen LogP contribution >= 0.6 is 0 Å². The summed E-state index contributed by atoms with van der Waals surface area (Å²) in [6.07, 6.45) is 8.71. The monoisotopic (exact) mass is 204 g/mol. The first kappa shape index (κ1) is 9.17. The Balaban J connectivity index is 2.18. The number of hydrogen-bond donors (Lipinski definition) is 0. The highest BCUT2D eigenvalue weighted by atomic mass is 14.0. The topological polar surface area (TPSA) is 0 Å². The van der Waals surface area contributed by atoms with Crippen LogP contribution in [0.15, 0.2) is 48.5 Å². The highest BCUT2D eigenvalue weighted by Crippen LogP contribution is 2.22. The maximum atomic E-state index is 2.18. The van der Waals surface area contributed by atoms with Crippen molar-refractivity contribution >= 4 is 24.3 Å². The Hall–Kier alpha value is -2.08. The molecule has 0 N–H and O–H groups in total. The lowest BCUT2D eigenvalue weighted by Gasteiger charge is -2.06. The van der Waals surface area contributed by atoms with Gasteiger partial charge in [0.25, 0.3) is 0 Å². The van der Waals surface area contributed by atoms with E-state index >= 15 is 0 Å². The molecule has 0 atom stereocenters. The zero-order chi connectivity index (χ0) is 10.8. The molecule has 0 heterocycles. The zero-order valence-electron chi connectivity index (χ0n) is 8.93. The first-order chi connectivity index (χ1) is 7.93. The summed E-state index contributed by atoms with van der Waals surface area (Å²) in [4.78, 5) is 0. The molecule has 1 aliphatic carbocycles. The summed E-state index contributed by atoms with van der Waals surface area (Å²) in [5, 5.41) is 0. The van der Waals surface area contributed by atoms with Gasteiger partial charge in [0.05, 0.1) is 0 Å². The van der Waals surface area contributed by atoms with E-state index in [0.717, 1.165) is 0 Å². The van der Waals surface area contributed by atoms with Crippen LogP contribution in [0.2, 0.25) is 0 Å². The summed E-state index contributed by atoms with van der Waals surface area (Å²) in [6, 6.07) is 16.9. The summed E-state index contributed by atoms with van der Waals surface area (Å²) in [5.74, 6) is 0. The minimum Gasteiger partial charge on any atom is -0.0616 e. The molecule has 0 nitrogen and oxygen atoms in total. The molecule has 2 aromatic rings. The van der Waals surface area contributed by atoms with Gasteiger partial charge in [-0.15, -0.1) is 0 Å². The Morgan fingerprint density at radius 3 is 0.875 bits per heavy atom. The number of benzene rings is 2. The maximum Gasteiger partial charge on any atom is -0.0184 e. The van der Waals surface area contributed by atoms with Crippen LogP contribution in [-0.4, -0.2) is 0 Å². The van der Waals surface area contributed by atoms with E-state index in [1.54, 1.807) is 0 Å². The maximum absolute atomic E-state index is 2.18. The first-order valence-electron chi connectivity index (χ1n) is 5.48. The third-order valence-electron chi connectivity index (χ3n) is 2.88. The molecule has 76 valence electrons. The van der Waals surface area contributed by atoms with E-state index < -0.39 is 0 Å². The summed E-state index contributed by atoms with van der Waals surface area (Å²) in [5.41, 5.74) is 5.09. The summed E-state index contributed by atoms with van der Waals surface area (Å²) < 4.78 is 0. The predicted molar refractivity (Wildman–Crippen MR) is 70.7 cm³/mol. The van der Waals surface area contributed by atoms with Crippen LogP contribution in [0, 0.1) is 0 Å². The van der Waals surface area contributed by atoms with Gasteiger partial charge >= 0.3 is 0 Å². The standard InChI is InChI=1S/C16H12/c1-2-6-14-11-12-16-8-4-3-7-15(16)10-9-13(14)5-1/h1-12H/b10-9-,12-11+,13-9?,14-11?,15-10?,16-12?. The second kappa shape index (κ2) is 3.82. The molecule has 0 spiro atoms. The van der Waals surface area contributed by atoms with Gasteiger partial charge in [-0.3, -0.25) is 0 Å². The van der Waals surface area contributed by atoms with Crippen molar-refractivity contribution in [3.05, 3.63) is 70.8 Å². The second-order valence-corrected chi connectivity index (χ2v) is 3.92. The normalized spacial score (nSPS) is 16.5. The van der Waals surface area contributed by atoms with Gasteiger partial charge in [-0.05, 0) is 22.3 Å². The van der Waals surface area contributed by atoms with Crippen molar-refractivity contribution in [2.24, 2.45) is 0 Å². The van der Waals surface area contributed by atoms with E-state index in [0.29, 0.717) is 0 Å². The molecular weight excluding hydrogens is 192 g/mol. The molecule has 16 heavy (non-hydrogen) atoms. The summed E-state index contributed by atoms with van der Waals surface area (Å²) in [6.45, 7) is 0. The molecule has 0 aliphatic heterocycles. The molecular formula is C16H12. The fourth-order valence-electron chi connectivity index (χ4n) is 1.99. The van der Waals surface area contributed by atoms with Crippen molar-refractivity contribution < 1.29 is 0 Å². The van der Waals surface area contributed by atoms with Crippen LogP contribution in [-0.2, 0) is 0 Å². The zero-order valence-corrected chi connectivity index (χ0v) is 8.93. The average molecular weight is 204 g/mol.